The van der Waals surface area contributed by atoms with E-state index in [0.29, 0.717) is 9.26 Å². The first-order valence-electron chi connectivity index (χ1n) is 8.63. The lowest BCUT2D eigenvalue weighted by Gasteiger charge is -2.17. The Morgan fingerprint density at radius 2 is 1.70 bits per heavy atom. The lowest BCUT2D eigenvalue weighted by Crippen LogP contribution is -2.17. The minimum Gasteiger partial charge on any atom is -0.487 e. The van der Waals surface area contributed by atoms with Crippen molar-refractivity contribution in [2.45, 2.75) is 6.61 Å². The maximum absolute atomic E-state index is 12.1. The molecule has 2 rings (SSSR count). The molecule has 0 unspecified atom stereocenters. The first-order chi connectivity index (χ1) is 14.4. The topological polar surface area (TPSA) is 100 Å². The summed E-state index contributed by atoms with van der Waals surface area (Å²) in [4.78, 5) is 35.8. The second-order valence-corrected chi connectivity index (χ2v) is 6.96. The van der Waals surface area contributed by atoms with Crippen molar-refractivity contribution < 1.29 is 33.3 Å². The highest BCUT2D eigenvalue weighted by Gasteiger charge is 2.20. The first kappa shape index (κ1) is 23.2. The molecule has 0 fully saturated rings. The normalized spacial score (nSPS) is 10.7. The number of benzene rings is 2. The third-order valence-corrected chi connectivity index (χ3v) is 4.69. The molecule has 0 amide bonds. The predicted molar refractivity (Wildman–Crippen MR) is 117 cm³/mol. The van der Waals surface area contributed by atoms with Crippen LogP contribution < -0.4 is 10.1 Å². The molecule has 1 N–H and O–H groups in total. The number of anilines is 1. The number of ether oxygens (including phenoxy) is 4. The van der Waals surface area contributed by atoms with E-state index < -0.39 is 17.9 Å². The van der Waals surface area contributed by atoms with E-state index in [0.717, 1.165) is 11.6 Å². The highest BCUT2D eigenvalue weighted by atomic mass is 127. The van der Waals surface area contributed by atoms with E-state index in [1.807, 2.05) is 52.9 Å². The monoisotopic (exact) mass is 525 g/mol. The predicted octanol–water partition coefficient (Wildman–Crippen LogP) is 3.30. The Morgan fingerprint density at radius 1 is 1.00 bits per heavy atom. The van der Waals surface area contributed by atoms with Crippen LogP contribution in [0.3, 0.4) is 0 Å². The second-order valence-electron chi connectivity index (χ2n) is 5.79. The van der Waals surface area contributed by atoms with Gasteiger partial charge in [-0.25, -0.2) is 14.4 Å². The summed E-state index contributed by atoms with van der Waals surface area (Å²) in [6.45, 7) is 0.213. The van der Waals surface area contributed by atoms with Crippen LogP contribution >= 0.6 is 22.6 Å². The summed E-state index contributed by atoms with van der Waals surface area (Å²) < 4.78 is 20.6. The molecule has 0 radical (unpaired) electrons. The molecule has 0 aromatic heterocycles. The summed E-state index contributed by atoms with van der Waals surface area (Å²) in [6.07, 6.45) is 0.969. The zero-order valence-electron chi connectivity index (χ0n) is 16.6. The standard InChI is InChI=1S/C21H20INO7/c1-27-18(24)11-16(21(26)29-3)23-19-15(22)9-14(20(25)28-2)10-17(19)30-12-13-7-5-4-6-8-13/h4-11,23H,12H2,1-3H3/b16-11+. The van der Waals surface area contributed by atoms with Gasteiger partial charge in [-0.3, -0.25) is 0 Å². The van der Waals surface area contributed by atoms with Crippen LogP contribution in [0, 0.1) is 3.57 Å². The SMILES string of the molecule is COC(=O)/C=C(/Nc1c(I)cc(C(=O)OC)cc1OCc1ccccc1)C(=O)OC. The molecular formula is C21H20INO7. The molecule has 8 nitrogen and oxygen atoms in total. The van der Waals surface area contributed by atoms with Gasteiger partial charge in [-0.05, 0) is 40.3 Å². The fraction of sp³-hybridized carbons (Fsp3) is 0.190. The van der Waals surface area contributed by atoms with E-state index in [-0.39, 0.29) is 23.6 Å². The summed E-state index contributed by atoms with van der Waals surface area (Å²) in [5.74, 6) is -1.77. The van der Waals surface area contributed by atoms with Gasteiger partial charge >= 0.3 is 17.9 Å². The fourth-order valence-electron chi connectivity index (χ4n) is 2.36. The van der Waals surface area contributed by atoms with Crippen LogP contribution in [0.4, 0.5) is 5.69 Å². The summed E-state index contributed by atoms with van der Waals surface area (Å²) in [6, 6.07) is 12.5. The highest BCUT2D eigenvalue weighted by molar-refractivity contribution is 14.1. The van der Waals surface area contributed by atoms with Gasteiger partial charge in [0, 0.05) is 3.57 Å². The van der Waals surface area contributed by atoms with Crippen LogP contribution in [-0.4, -0.2) is 39.2 Å². The van der Waals surface area contributed by atoms with Gasteiger partial charge in [-0.1, -0.05) is 30.3 Å². The number of hydrogen-bond acceptors (Lipinski definition) is 8. The molecule has 2 aromatic rings. The van der Waals surface area contributed by atoms with Crippen molar-refractivity contribution in [3.05, 3.63) is 68.9 Å². The minimum atomic E-state index is -0.776. The zero-order valence-corrected chi connectivity index (χ0v) is 18.7. The molecule has 0 saturated heterocycles. The van der Waals surface area contributed by atoms with Gasteiger partial charge in [0.25, 0.3) is 0 Å². The lowest BCUT2D eigenvalue weighted by atomic mass is 10.1. The molecule has 0 aliphatic heterocycles. The molecular weight excluding hydrogens is 505 g/mol. The van der Waals surface area contributed by atoms with Gasteiger partial charge in [0.15, 0.2) is 0 Å². The quantitative estimate of drug-likeness (QED) is 0.243. The van der Waals surface area contributed by atoms with Crippen molar-refractivity contribution in [2.24, 2.45) is 0 Å². The molecule has 0 bridgehead atoms. The smallest absolute Gasteiger partial charge is 0.354 e. The maximum Gasteiger partial charge on any atom is 0.354 e. The third-order valence-electron chi connectivity index (χ3n) is 3.84. The van der Waals surface area contributed by atoms with Crippen LogP contribution in [-0.2, 0) is 30.4 Å². The first-order valence-corrected chi connectivity index (χ1v) is 9.71. The van der Waals surface area contributed by atoms with Gasteiger partial charge in [-0.2, -0.15) is 0 Å². The van der Waals surface area contributed by atoms with Crippen LogP contribution in [0.15, 0.2) is 54.2 Å². The molecule has 30 heavy (non-hydrogen) atoms. The minimum absolute atomic E-state index is 0.155. The zero-order chi connectivity index (χ0) is 22.1. The fourth-order valence-corrected chi connectivity index (χ4v) is 3.09. The maximum atomic E-state index is 12.1. The van der Waals surface area contributed by atoms with Gasteiger partial charge in [0.1, 0.15) is 18.1 Å². The Kier molecular flexibility index (Phi) is 8.66. The van der Waals surface area contributed by atoms with Gasteiger partial charge < -0.3 is 24.3 Å². The van der Waals surface area contributed by atoms with E-state index >= 15 is 0 Å². The summed E-state index contributed by atoms with van der Waals surface area (Å²) >= 11 is 1.98. The number of hydrogen-bond donors (Lipinski definition) is 1. The van der Waals surface area contributed by atoms with Crippen molar-refractivity contribution in [3.8, 4) is 5.75 Å². The van der Waals surface area contributed by atoms with E-state index in [2.05, 4.69) is 10.1 Å². The Morgan fingerprint density at radius 3 is 2.30 bits per heavy atom. The van der Waals surface area contributed by atoms with Crippen LogP contribution in [0.5, 0.6) is 5.75 Å². The average Bonchev–Trinajstić information content (AvgIpc) is 2.77. The number of halogens is 1. The molecule has 0 aliphatic carbocycles. The number of esters is 3. The van der Waals surface area contributed by atoms with Gasteiger partial charge in [0.2, 0.25) is 0 Å². The molecule has 2 aromatic carbocycles. The Hall–Kier alpha value is -3.08. The van der Waals surface area contributed by atoms with E-state index in [4.69, 9.17) is 14.2 Å². The second kappa shape index (κ2) is 11.2. The van der Waals surface area contributed by atoms with Crippen LogP contribution in [0.2, 0.25) is 0 Å². The van der Waals surface area contributed by atoms with E-state index in [9.17, 15) is 14.4 Å². The molecule has 158 valence electrons. The molecule has 0 heterocycles. The molecule has 0 atom stereocenters. The Balaban J connectivity index is 2.47. The van der Waals surface area contributed by atoms with Crippen LogP contribution in [0.1, 0.15) is 15.9 Å². The van der Waals surface area contributed by atoms with Crippen molar-refractivity contribution in [2.75, 3.05) is 26.6 Å². The molecule has 0 spiro atoms. The molecule has 9 heteroatoms. The largest absolute Gasteiger partial charge is 0.487 e. The summed E-state index contributed by atoms with van der Waals surface area (Å²) in [5, 5.41) is 2.85. The lowest BCUT2D eigenvalue weighted by molar-refractivity contribution is -0.138. The van der Waals surface area contributed by atoms with E-state index in [1.165, 1.54) is 27.4 Å². The third kappa shape index (κ3) is 6.21. The van der Waals surface area contributed by atoms with Crippen molar-refractivity contribution in [3.63, 3.8) is 0 Å². The number of rotatable bonds is 8. The average molecular weight is 525 g/mol. The van der Waals surface area contributed by atoms with Gasteiger partial charge in [0.05, 0.1) is 38.7 Å². The van der Waals surface area contributed by atoms with Crippen LogP contribution in [0.25, 0.3) is 0 Å². The summed E-state index contributed by atoms with van der Waals surface area (Å²) in [7, 11) is 3.66. The Bertz CT molecular complexity index is 957. The van der Waals surface area contributed by atoms with Crippen molar-refractivity contribution >= 4 is 46.2 Å². The van der Waals surface area contributed by atoms with Crippen molar-refractivity contribution in [1.82, 2.24) is 0 Å². The highest BCUT2D eigenvalue weighted by Crippen LogP contribution is 2.34. The number of carbonyl (C=O) groups is 3. The molecule has 0 aliphatic rings. The number of methoxy groups -OCH3 is 3. The molecule has 0 saturated carbocycles. The number of nitrogens with one attached hydrogen (secondary N) is 1. The van der Waals surface area contributed by atoms with Crippen molar-refractivity contribution in [1.29, 1.82) is 0 Å². The summed E-state index contributed by atoms with van der Waals surface area (Å²) in [5.41, 5.74) is 1.39. The number of carbonyl (C=O) groups excluding carboxylic acids is 3. The van der Waals surface area contributed by atoms with E-state index in [1.54, 1.807) is 6.07 Å². The van der Waals surface area contributed by atoms with Gasteiger partial charge in [-0.15, -0.1) is 0 Å². The Labute approximate surface area is 187 Å².